The predicted octanol–water partition coefficient (Wildman–Crippen LogP) is 6.74. The van der Waals surface area contributed by atoms with E-state index in [4.69, 9.17) is 19.2 Å². The van der Waals surface area contributed by atoms with E-state index in [0.717, 1.165) is 22.4 Å². The molecule has 1 heterocycles. The lowest BCUT2D eigenvalue weighted by molar-refractivity contribution is -0.115. The topological polar surface area (TPSA) is 93.5 Å². The summed E-state index contributed by atoms with van der Waals surface area (Å²) in [6.45, 7) is 1.98. The van der Waals surface area contributed by atoms with Crippen molar-refractivity contribution in [3.63, 3.8) is 0 Å². The molecule has 0 saturated carbocycles. The van der Waals surface area contributed by atoms with E-state index in [1.54, 1.807) is 21.3 Å². The number of ether oxygens (including phenoxy) is 3. The van der Waals surface area contributed by atoms with Gasteiger partial charge in [-0.1, -0.05) is 42.5 Å². The normalized spacial score (nSPS) is 10.4. The van der Waals surface area contributed by atoms with Crippen molar-refractivity contribution in [2.75, 3.05) is 32.4 Å². The smallest absolute Gasteiger partial charge is 0.225 e. The number of carbonyl (C=O) groups excluding carboxylic acids is 1. The monoisotopic (exact) mass is 539 g/mol. The molecule has 7 nitrogen and oxygen atoms in total. The highest BCUT2D eigenvalue weighted by Gasteiger charge is 2.20. The van der Waals surface area contributed by atoms with E-state index in [1.165, 1.54) is 11.8 Å². The highest BCUT2D eigenvalue weighted by molar-refractivity contribution is 7.99. The lowest BCUT2D eigenvalue weighted by Gasteiger charge is -2.16. The van der Waals surface area contributed by atoms with Crippen molar-refractivity contribution in [2.24, 2.45) is 0 Å². The molecule has 0 aliphatic carbocycles. The molecule has 0 radical (unpaired) electrons. The van der Waals surface area contributed by atoms with Gasteiger partial charge in [0, 0.05) is 29.0 Å². The third-order valence-corrected chi connectivity index (χ3v) is 6.99. The first kappa shape index (κ1) is 27.6. The molecule has 0 atom stereocenters. The Morgan fingerprint density at radius 3 is 2.26 bits per heavy atom. The van der Waals surface area contributed by atoms with Gasteiger partial charge in [-0.05, 0) is 48.4 Å². The fraction of sp³-hybridized carbons (Fsp3) is 0.194. The van der Waals surface area contributed by atoms with Crippen LogP contribution in [-0.4, -0.2) is 38.0 Å². The second-order valence-corrected chi connectivity index (χ2v) is 9.73. The summed E-state index contributed by atoms with van der Waals surface area (Å²) in [5, 5.41) is 13.7. The van der Waals surface area contributed by atoms with Crippen LogP contribution in [-0.2, 0) is 4.79 Å². The quantitative estimate of drug-likeness (QED) is 0.223. The van der Waals surface area contributed by atoms with E-state index < -0.39 is 0 Å². The molecule has 1 aromatic heterocycles. The summed E-state index contributed by atoms with van der Waals surface area (Å²) in [5.41, 5.74) is 5.27. The number of pyridine rings is 1. The Morgan fingerprint density at radius 1 is 0.923 bits per heavy atom. The third-order valence-electron chi connectivity index (χ3n) is 6.01. The predicted molar refractivity (Wildman–Crippen MR) is 155 cm³/mol. The summed E-state index contributed by atoms with van der Waals surface area (Å²) in [5.74, 6) is 1.78. The van der Waals surface area contributed by atoms with Crippen LogP contribution in [0.4, 0.5) is 5.69 Å². The van der Waals surface area contributed by atoms with E-state index in [-0.39, 0.29) is 12.3 Å². The summed E-state index contributed by atoms with van der Waals surface area (Å²) in [7, 11) is 4.65. The number of carbonyl (C=O) groups is 1. The van der Waals surface area contributed by atoms with Gasteiger partial charge in [0.05, 0.1) is 32.6 Å². The van der Waals surface area contributed by atoms with Crippen LogP contribution in [0.1, 0.15) is 17.5 Å². The zero-order chi connectivity index (χ0) is 27.8. The summed E-state index contributed by atoms with van der Waals surface area (Å²) in [4.78, 5) is 17.4. The van der Waals surface area contributed by atoms with Crippen molar-refractivity contribution in [2.45, 2.75) is 18.4 Å². The Bertz CT molecular complexity index is 1490. The molecular formula is C31H29N3O4S. The van der Waals surface area contributed by atoms with E-state index in [0.29, 0.717) is 44.8 Å². The fourth-order valence-corrected chi connectivity index (χ4v) is 5.09. The number of aromatic nitrogens is 1. The second kappa shape index (κ2) is 12.9. The zero-order valence-electron chi connectivity index (χ0n) is 22.3. The van der Waals surface area contributed by atoms with Crippen LogP contribution < -0.4 is 19.5 Å². The fourth-order valence-electron chi connectivity index (χ4n) is 4.14. The highest BCUT2D eigenvalue weighted by atomic mass is 32.2. The number of aryl methyl sites for hydroxylation is 1. The molecule has 1 N–H and O–H groups in total. The van der Waals surface area contributed by atoms with Crippen molar-refractivity contribution >= 4 is 23.4 Å². The number of benzene rings is 3. The third kappa shape index (κ3) is 6.51. The minimum absolute atomic E-state index is 0.101. The SMILES string of the molecule is COc1cc(-c2cc(-c3ccccc3)nc(SCCC(=O)Nc3cccc(C)c3)c2C#N)cc(OC)c1OC. The number of methoxy groups -OCH3 is 3. The molecule has 4 aromatic rings. The summed E-state index contributed by atoms with van der Waals surface area (Å²) < 4.78 is 16.6. The van der Waals surface area contributed by atoms with Gasteiger partial charge in [0.15, 0.2) is 11.5 Å². The largest absolute Gasteiger partial charge is 0.493 e. The first-order valence-corrected chi connectivity index (χ1v) is 13.3. The standard InChI is InChI=1S/C31H29N3O4S/c1-20-9-8-12-23(15-20)33-29(35)13-14-39-31-25(19-32)24(18-26(34-31)21-10-6-5-7-11-21)22-16-27(36-2)30(38-4)28(17-22)37-3/h5-12,15-18H,13-14H2,1-4H3,(H,33,35). The van der Waals surface area contributed by atoms with Gasteiger partial charge in [-0.2, -0.15) is 5.26 Å². The van der Waals surface area contributed by atoms with Gasteiger partial charge >= 0.3 is 0 Å². The Balaban J connectivity index is 1.70. The van der Waals surface area contributed by atoms with Crippen LogP contribution >= 0.6 is 11.8 Å². The lowest BCUT2D eigenvalue weighted by Crippen LogP contribution is -2.12. The van der Waals surface area contributed by atoms with Gasteiger partial charge in [0.1, 0.15) is 11.1 Å². The number of amides is 1. The number of thioether (sulfide) groups is 1. The average molecular weight is 540 g/mol. The Morgan fingerprint density at radius 2 is 1.64 bits per heavy atom. The molecule has 0 fully saturated rings. The van der Waals surface area contributed by atoms with Gasteiger partial charge in [0.25, 0.3) is 0 Å². The van der Waals surface area contributed by atoms with Crippen molar-refractivity contribution in [3.8, 4) is 45.7 Å². The number of nitrogens with zero attached hydrogens (tertiary/aromatic N) is 2. The molecule has 0 aliphatic heterocycles. The molecule has 0 spiro atoms. The van der Waals surface area contributed by atoms with Crippen molar-refractivity contribution in [1.29, 1.82) is 5.26 Å². The molecule has 39 heavy (non-hydrogen) atoms. The van der Waals surface area contributed by atoms with Gasteiger partial charge in [-0.25, -0.2) is 4.98 Å². The first-order chi connectivity index (χ1) is 19.0. The van der Waals surface area contributed by atoms with Gasteiger partial charge in [-0.15, -0.1) is 11.8 Å². The van der Waals surface area contributed by atoms with Crippen LogP contribution in [0.15, 0.2) is 77.8 Å². The maximum absolute atomic E-state index is 12.6. The van der Waals surface area contributed by atoms with Crippen LogP contribution in [0.3, 0.4) is 0 Å². The van der Waals surface area contributed by atoms with Crippen LogP contribution in [0.5, 0.6) is 17.2 Å². The van der Waals surface area contributed by atoms with Crippen molar-refractivity contribution in [3.05, 3.63) is 83.9 Å². The zero-order valence-corrected chi connectivity index (χ0v) is 23.1. The number of hydrogen-bond donors (Lipinski definition) is 1. The molecular weight excluding hydrogens is 510 g/mol. The van der Waals surface area contributed by atoms with E-state index in [9.17, 15) is 10.1 Å². The molecule has 198 valence electrons. The molecule has 0 saturated heterocycles. The molecule has 8 heteroatoms. The summed E-state index contributed by atoms with van der Waals surface area (Å²) in [6, 6.07) is 25.3. The summed E-state index contributed by atoms with van der Waals surface area (Å²) >= 11 is 1.38. The number of rotatable bonds is 10. The maximum Gasteiger partial charge on any atom is 0.225 e. The minimum Gasteiger partial charge on any atom is -0.493 e. The van der Waals surface area contributed by atoms with Crippen LogP contribution in [0.25, 0.3) is 22.4 Å². The molecule has 4 rings (SSSR count). The van der Waals surface area contributed by atoms with Crippen molar-refractivity contribution in [1.82, 2.24) is 4.98 Å². The number of nitriles is 1. The van der Waals surface area contributed by atoms with E-state index in [2.05, 4.69) is 11.4 Å². The second-order valence-electron chi connectivity index (χ2n) is 8.64. The average Bonchev–Trinajstić information content (AvgIpc) is 2.96. The Hall–Kier alpha value is -4.48. The molecule has 0 unspecified atom stereocenters. The highest BCUT2D eigenvalue weighted by Crippen LogP contribution is 2.43. The summed E-state index contributed by atoms with van der Waals surface area (Å²) in [6.07, 6.45) is 0.264. The molecule has 0 bridgehead atoms. The first-order valence-electron chi connectivity index (χ1n) is 12.3. The number of nitrogens with one attached hydrogen (secondary N) is 1. The van der Waals surface area contributed by atoms with Gasteiger partial charge in [-0.3, -0.25) is 4.79 Å². The Kier molecular flexibility index (Phi) is 9.08. The van der Waals surface area contributed by atoms with Crippen LogP contribution in [0, 0.1) is 18.3 Å². The lowest BCUT2D eigenvalue weighted by atomic mass is 9.98. The minimum atomic E-state index is -0.101. The molecule has 3 aromatic carbocycles. The van der Waals surface area contributed by atoms with E-state index in [1.807, 2.05) is 79.7 Å². The van der Waals surface area contributed by atoms with Gasteiger partial charge in [0.2, 0.25) is 11.7 Å². The molecule has 0 aliphatic rings. The van der Waals surface area contributed by atoms with Crippen LogP contribution in [0.2, 0.25) is 0 Å². The number of hydrogen-bond acceptors (Lipinski definition) is 7. The Labute approximate surface area is 232 Å². The van der Waals surface area contributed by atoms with Gasteiger partial charge < -0.3 is 19.5 Å². The van der Waals surface area contributed by atoms with Crippen molar-refractivity contribution < 1.29 is 19.0 Å². The van der Waals surface area contributed by atoms with E-state index >= 15 is 0 Å². The maximum atomic E-state index is 12.6. The molecule has 1 amide bonds. The number of anilines is 1.